The van der Waals surface area contributed by atoms with E-state index in [4.69, 9.17) is 0 Å². The minimum Gasteiger partial charge on any atom is -0.388 e. The zero-order valence-corrected chi connectivity index (χ0v) is 9.96. The smallest absolute Gasteiger partial charge is 0.0801 e. The van der Waals surface area contributed by atoms with E-state index in [9.17, 15) is 5.11 Å². The third-order valence-corrected chi connectivity index (χ3v) is 3.85. The van der Waals surface area contributed by atoms with Crippen LogP contribution in [0.4, 0.5) is 0 Å². The highest BCUT2D eigenvalue weighted by Gasteiger charge is 2.22. The molecule has 0 radical (unpaired) electrons. The Hall–Kier alpha value is -0.470. The summed E-state index contributed by atoms with van der Waals surface area (Å²) in [5.41, 5.74) is 1.10. The molecule has 0 saturated heterocycles. The van der Waals surface area contributed by atoms with Crippen LogP contribution in [-0.2, 0) is 0 Å². The molecule has 1 aliphatic rings. The molecule has 0 spiro atoms. The van der Waals surface area contributed by atoms with Crippen LogP contribution in [0.5, 0.6) is 0 Å². The fourth-order valence-corrected chi connectivity index (χ4v) is 2.55. The summed E-state index contributed by atoms with van der Waals surface area (Å²) in [6, 6.07) is 8.17. The maximum absolute atomic E-state index is 10.1. The van der Waals surface area contributed by atoms with E-state index in [2.05, 4.69) is 12.3 Å². The van der Waals surface area contributed by atoms with Crippen LogP contribution in [0.2, 0.25) is 0 Å². The maximum atomic E-state index is 10.1. The third kappa shape index (κ3) is 2.99. The largest absolute Gasteiger partial charge is 0.388 e. The topological polar surface area (TPSA) is 20.2 Å². The van der Waals surface area contributed by atoms with Gasteiger partial charge in [0.2, 0.25) is 0 Å². The second-order valence-electron chi connectivity index (χ2n) is 4.28. The van der Waals surface area contributed by atoms with Gasteiger partial charge in [-0.25, -0.2) is 0 Å². The van der Waals surface area contributed by atoms with Crippen LogP contribution in [-0.4, -0.2) is 11.4 Å². The van der Waals surface area contributed by atoms with Gasteiger partial charge >= 0.3 is 0 Å². The lowest BCUT2D eigenvalue weighted by Crippen LogP contribution is -1.99. The Morgan fingerprint density at radius 3 is 2.80 bits per heavy atom. The van der Waals surface area contributed by atoms with Crippen molar-refractivity contribution in [2.24, 2.45) is 5.92 Å². The summed E-state index contributed by atoms with van der Waals surface area (Å²) < 4.78 is 0. The molecular weight excluding hydrogens is 204 g/mol. The van der Waals surface area contributed by atoms with E-state index < -0.39 is 0 Å². The van der Waals surface area contributed by atoms with Crippen LogP contribution >= 0.6 is 11.8 Å². The molecule has 82 valence electrons. The minimum absolute atomic E-state index is 0.269. The first-order chi connectivity index (χ1) is 7.31. The molecule has 0 heterocycles. The van der Waals surface area contributed by atoms with Gasteiger partial charge in [-0.3, -0.25) is 0 Å². The SMILES string of the molecule is CSc1ccccc1C(O)CCC1CC1. The van der Waals surface area contributed by atoms with Crippen LogP contribution in [0.15, 0.2) is 29.2 Å². The molecule has 1 aromatic carbocycles. The summed E-state index contributed by atoms with van der Waals surface area (Å²) in [7, 11) is 0. The second-order valence-corrected chi connectivity index (χ2v) is 5.13. The van der Waals surface area contributed by atoms with E-state index in [-0.39, 0.29) is 6.10 Å². The van der Waals surface area contributed by atoms with Crippen molar-refractivity contribution in [1.82, 2.24) is 0 Å². The highest BCUT2D eigenvalue weighted by atomic mass is 32.2. The molecule has 1 atom stereocenters. The van der Waals surface area contributed by atoms with Gasteiger partial charge in [0.15, 0.2) is 0 Å². The monoisotopic (exact) mass is 222 g/mol. The Balaban J connectivity index is 1.98. The fourth-order valence-electron chi connectivity index (χ4n) is 1.90. The number of hydrogen-bond donors (Lipinski definition) is 1. The van der Waals surface area contributed by atoms with Gasteiger partial charge in [-0.1, -0.05) is 31.0 Å². The van der Waals surface area contributed by atoms with Crippen molar-refractivity contribution >= 4 is 11.8 Å². The lowest BCUT2D eigenvalue weighted by atomic mass is 10.0. The van der Waals surface area contributed by atoms with Gasteiger partial charge < -0.3 is 5.11 Å². The standard InChI is InChI=1S/C13H18OS/c1-15-13-5-3-2-4-11(13)12(14)9-8-10-6-7-10/h2-5,10,12,14H,6-9H2,1H3. The average Bonchev–Trinajstić information content (AvgIpc) is 3.09. The van der Waals surface area contributed by atoms with Crippen molar-refractivity contribution in [2.45, 2.75) is 36.7 Å². The summed E-state index contributed by atoms with van der Waals surface area (Å²) in [5, 5.41) is 10.1. The average molecular weight is 222 g/mol. The number of hydrogen-bond acceptors (Lipinski definition) is 2. The Labute approximate surface area is 95.9 Å². The van der Waals surface area contributed by atoms with E-state index in [0.29, 0.717) is 0 Å². The summed E-state index contributed by atoms with van der Waals surface area (Å²) >= 11 is 1.71. The van der Waals surface area contributed by atoms with Crippen LogP contribution in [0.3, 0.4) is 0 Å². The van der Waals surface area contributed by atoms with Crippen LogP contribution < -0.4 is 0 Å². The number of benzene rings is 1. The van der Waals surface area contributed by atoms with Gasteiger partial charge in [0.25, 0.3) is 0 Å². The van der Waals surface area contributed by atoms with Gasteiger partial charge in [-0.05, 0) is 36.6 Å². The Kier molecular flexibility index (Phi) is 3.71. The molecule has 2 rings (SSSR count). The van der Waals surface area contributed by atoms with Gasteiger partial charge in [0.1, 0.15) is 0 Å². The number of aliphatic hydroxyl groups excluding tert-OH is 1. The molecule has 0 bridgehead atoms. The lowest BCUT2D eigenvalue weighted by molar-refractivity contribution is 0.159. The molecule has 1 fully saturated rings. The third-order valence-electron chi connectivity index (χ3n) is 3.04. The van der Waals surface area contributed by atoms with Crippen molar-refractivity contribution in [1.29, 1.82) is 0 Å². The molecule has 1 aromatic rings. The first kappa shape index (κ1) is 11.0. The van der Waals surface area contributed by atoms with Crippen molar-refractivity contribution in [3.05, 3.63) is 29.8 Å². The Bertz CT molecular complexity index is 320. The van der Waals surface area contributed by atoms with Crippen molar-refractivity contribution in [3.63, 3.8) is 0 Å². The molecule has 1 nitrogen and oxygen atoms in total. The van der Waals surface area contributed by atoms with Crippen molar-refractivity contribution in [2.75, 3.05) is 6.26 Å². The van der Waals surface area contributed by atoms with E-state index in [1.165, 1.54) is 24.2 Å². The van der Waals surface area contributed by atoms with Crippen LogP contribution in [0.25, 0.3) is 0 Å². The first-order valence-corrected chi connectivity index (χ1v) is 6.84. The van der Waals surface area contributed by atoms with Gasteiger partial charge in [0.05, 0.1) is 6.10 Å². The van der Waals surface area contributed by atoms with E-state index >= 15 is 0 Å². The molecule has 1 aliphatic carbocycles. The normalized spacial score (nSPS) is 17.7. The molecule has 1 N–H and O–H groups in total. The Morgan fingerprint density at radius 2 is 2.13 bits per heavy atom. The molecule has 15 heavy (non-hydrogen) atoms. The molecular formula is C13H18OS. The highest BCUT2D eigenvalue weighted by Crippen LogP contribution is 2.37. The van der Waals surface area contributed by atoms with Crippen molar-refractivity contribution in [3.8, 4) is 0 Å². The fraction of sp³-hybridized carbons (Fsp3) is 0.538. The van der Waals surface area contributed by atoms with E-state index in [1.54, 1.807) is 11.8 Å². The summed E-state index contributed by atoms with van der Waals surface area (Å²) in [4.78, 5) is 1.21. The zero-order chi connectivity index (χ0) is 10.7. The lowest BCUT2D eigenvalue weighted by Gasteiger charge is -2.13. The van der Waals surface area contributed by atoms with Gasteiger partial charge in [-0.2, -0.15) is 0 Å². The van der Waals surface area contributed by atoms with Crippen molar-refractivity contribution < 1.29 is 5.11 Å². The summed E-state index contributed by atoms with van der Waals surface area (Å²) in [5.74, 6) is 0.904. The van der Waals surface area contributed by atoms with E-state index in [0.717, 1.165) is 17.9 Å². The molecule has 0 aromatic heterocycles. The summed E-state index contributed by atoms with van der Waals surface area (Å²) in [6.07, 6.45) is 6.64. The minimum atomic E-state index is -0.269. The number of aliphatic hydroxyl groups is 1. The van der Waals surface area contributed by atoms with Gasteiger partial charge in [0, 0.05) is 4.90 Å². The first-order valence-electron chi connectivity index (χ1n) is 5.62. The predicted molar refractivity (Wildman–Crippen MR) is 65.1 cm³/mol. The molecule has 0 amide bonds. The van der Waals surface area contributed by atoms with Crippen LogP contribution in [0.1, 0.15) is 37.4 Å². The summed E-state index contributed by atoms with van der Waals surface area (Å²) in [6.45, 7) is 0. The second kappa shape index (κ2) is 5.04. The molecule has 2 heteroatoms. The van der Waals surface area contributed by atoms with Gasteiger partial charge in [-0.15, -0.1) is 11.8 Å². The highest BCUT2D eigenvalue weighted by molar-refractivity contribution is 7.98. The van der Waals surface area contributed by atoms with Crippen LogP contribution in [0, 0.1) is 5.92 Å². The zero-order valence-electron chi connectivity index (χ0n) is 9.15. The number of thioether (sulfide) groups is 1. The van der Waals surface area contributed by atoms with E-state index in [1.807, 2.05) is 18.2 Å². The molecule has 1 saturated carbocycles. The Morgan fingerprint density at radius 1 is 1.40 bits per heavy atom. The predicted octanol–water partition coefficient (Wildman–Crippen LogP) is 3.63. The maximum Gasteiger partial charge on any atom is 0.0801 e. The quantitative estimate of drug-likeness (QED) is 0.768. The molecule has 0 aliphatic heterocycles. The molecule has 1 unspecified atom stereocenters. The number of rotatable bonds is 5.